The van der Waals surface area contributed by atoms with Gasteiger partial charge in [-0.05, 0) is 38.2 Å². The molecule has 1 aromatic carbocycles. The van der Waals surface area contributed by atoms with E-state index in [1.165, 1.54) is 11.3 Å². The summed E-state index contributed by atoms with van der Waals surface area (Å²) in [6.07, 6.45) is 0.817. The Kier molecular flexibility index (Phi) is 4.56. The summed E-state index contributed by atoms with van der Waals surface area (Å²) in [6.45, 7) is 4.21. The Labute approximate surface area is 142 Å². The smallest absolute Gasteiger partial charge is 0.232 e. The summed E-state index contributed by atoms with van der Waals surface area (Å²) in [4.78, 5) is 12.8. The minimum atomic E-state index is -0.748. The van der Waals surface area contributed by atoms with E-state index in [9.17, 15) is 4.79 Å². The van der Waals surface area contributed by atoms with Crippen LogP contribution in [0, 0.1) is 10.9 Å². The van der Waals surface area contributed by atoms with Crippen molar-refractivity contribution in [3.8, 4) is 5.75 Å². The summed E-state index contributed by atoms with van der Waals surface area (Å²) >= 11 is 6.26. The maximum absolute atomic E-state index is 12.8. The van der Waals surface area contributed by atoms with Gasteiger partial charge in [-0.3, -0.25) is 9.89 Å². The number of benzene rings is 1. The summed E-state index contributed by atoms with van der Waals surface area (Å²) < 4.78 is 11.9. The SMILES string of the molecule is CCO[C@H]1Oc2ccc(C)cc2C(=O)/C1=C/Nc1n[nH]c(=S)s1. The van der Waals surface area contributed by atoms with Crippen LogP contribution in [-0.2, 0) is 4.74 Å². The minimum absolute atomic E-state index is 0.125. The highest BCUT2D eigenvalue weighted by Gasteiger charge is 2.32. The lowest BCUT2D eigenvalue weighted by Gasteiger charge is -2.27. The second kappa shape index (κ2) is 6.61. The van der Waals surface area contributed by atoms with Crippen LogP contribution in [0.2, 0.25) is 0 Å². The molecule has 0 radical (unpaired) electrons. The topological polar surface area (TPSA) is 76.2 Å². The first-order chi connectivity index (χ1) is 11.1. The number of hydrogen-bond acceptors (Lipinski definition) is 7. The predicted molar refractivity (Wildman–Crippen MR) is 90.6 cm³/mol. The van der Waals surface area contributed by atoms with Crippen molar-refractivity contribution in [1.29, 1.82) is 0 Å². The number of hydrogen-bond donors (Lipinski definition) is 2. The number of rotatable bonds is 4. The van der Waals surface area contributed by atoms with Crippen LogP contribution >= 0.6 is 23.6 Å². The van der Waals surface area contributed by atoms with E-state index in [2.05, 4.69) is 15.5 Å². The molecule has 1 aliphatic rings. The number of anilines is 1. The van der Waals surface area contributed by atoms with E-state index in [0.29, 0.717) is 32.6 Å². The van der Waals surface area contributed by atoms with E-state index >= 15 is 0 Å². The Morgan fingerprint density at radius 2 is 2.39 bits per heavy atom. The number of nitrogens with one attached hydrogen (secondary N) is 2. The Hall–Kier alpha value is -2.03. The Morgan fingerprint density at radius 1 is 1.57 bits per heavy atom. The predicted octanol–water partition coefficient (Wildman–Crippen LogP) is 3.44. The molecule has 8 heteroatoms. The molecule has 2 aromatic rings. The number of carbonyl (C=O) groups is 1. The van der Waals surface area contributed by atoms with Crippen molar-refractivity contribution in [3.63, 3.8) is 0 Å². The average Bonchev–Trinajstić information content (AvgIpc) is 2.94. The fourth-order valence-electron chi connectivity index (χ4n) is 2.21. The number of carbonyl (C=O) groups excluding carboxylic acids is 1. The molecule has 0 saturated carbocycles. The normalized spacial score (nSPS) is 18.6. The molecule has 1 aliphatic heterocycles. The molecule has 0 unspecified atom stereocenters. The first kappa shape index (κ1) is 15.9. The van der Waals surface area contributed by atoms with Gasteiger partial charge in [-0.25, -0.2) is 0 Å². The van der Waals surface area contributed by atoms with Crippen LogP contribution in [0.3, 0.4) is 0 Å². The molecule has 0 spiro atoms. The van der Waals surface area contributed by atoms with E-state index in [4.69, 9.17) is 21.7 Å². The van der Waals surface area contributed by atoms with Gasteiger partial charge < -0.3 is 14.8 Å². The van der Waals surface area contributed by atoms with E-state index in [0.717, 1.165) is 5.56 Å². The van der Waals surface area contributed by atoms with E-state index in [-0.39, 0.29) is 5.78 Å². The van der Waals surface area contributed by atoms with Crippen LogP contribution in [0.15, 0.2) is 30.0 Å². The molecule has 2 heterocycles. The lowest BCUT2D eigenvalue weighted by atomic mass is 9.98. The molecule has 0 amide bonds. The number of ketones is 1. The molecule has 0 saturated heterocycles. The molecule has 1 atom stereocenters. The minimum Gasteiger partial charge on any atom is -0.460 e. The number of nitrogens with zero attached hydrogens (tertiary/aromatic N) is 1. The Bertz CT molecular complexity index is 825. The maximum atomic E-state index is 12.8. The first-order valence-corrected chi connectivity index (χ1v) is 8.26. The molecule has 0 bridgehead atoms. The number of H-pyrrole nitrogens is 1. The van der Waals surface area contributed by atoms with Gasteiger partial charge in [0.1, 0.15) is 5.75 Å². The molecule has 0 aliphatic carbocycles. The van der Waals surface area contributed by atoms with Gasteiger partial charge in [0, 0.05) is 12.8 Å². The highest BCUT2D eigenvalue weighted by Crippen LogP contribution is 2.32. The van der Waals surface area contributed by atoms with Crippen molar-refractivity contribution < 1.29 is 14.3 Å². The second-order valence-corrected chi connectivity index (χ2v) is 6.56. The average molecular weight is 349 g/mol. The Balaban J connectivity index is 1.95. The summed E-state index contributed by atoms with van der Waals surface area (Å²) in [6, 6.07) is 5.50. The molecular formula is C15H15N3O3S2. The number of Topliss-reactive ketones (excluding diaryl/α,β-unsaturated/α-hetero) is 1. The molecule has 0 fully saturated rings. The fraction of sp³-hybridized carbons (Fsp3) is 0.267. The molecule has 120 valence electrons. The van der Waals surface area contributed by atoms with Gasteiger partial charge >= 0.3 is 0 Å². The Morgan fingerprint density at radius 3 is 3.09 bits per heavy atom. The van der Waals surface area contributed by atoms with Crippen LogP contribution in [0.5, 0.6) is 5.75 Å². The van der Waals surface area contributed by atoms with Crippen LogP contribution in [-0.4, -0.2) is 28.9 Å². The molecular weight excluding hydrogens is 334 g/mol. The van der Waals surface area contributed by atoms with E-state index < -0.39 is 6.29 Å². The van der Waals surface area contributed by atoms with Gasteiger partial charge in [-0.15, -0.1) is 5.10 Å². The number of aromatic amines is 1. The van der Waals surface area contributed by atoms with Crippen molar-refractivity contribution in [1.82, 2.24) is 10.2 Å². The van der Waals surface area contributed by atoms with Gasteiger partial charge in [0.15, 0.2) is 9.74 Å². The van der Waals surface area contributed by atoms with E-state index in [1.807, 2.05) is 26.0 Å². The third-order valence-electron chi connectivity index (χ3n) is 3.24. The van der Waals surface area contributed by atoms with Crippen molar-refractivity contribution in [2.24, 2.45) is 0 Å². The van der Waals surface area contributed by atoms with Gasteiger partial charge in [0.25, 0.3) is 0 Å². The van der Waals surface area contributed by atoms with Crippen molar-refractivity contribution in [2.45, 2.75) is 20.1 Å². The van der Waals surface area contributed by atoms with Gasteiger partial charge in [0.05, 0.1) is 11.1 Å². The lowest BCUT2D eigenvalue weighted by Crippen LogP contribution is -2.33. The van der Waals surface area contributed by atoms with Crippen LogP contribution < -0.4 is 10.1 Å². The molecule has 3 rings (SSSR count). The van der Waals surface area contributed by atoms with Crippen LogP contribution in [0.25, 0.3) is 0 Å². The van der Waals surface area contributed by atoms with E-state index in [1.54, 1.807) is 12.3 Å². The number of aryl methyl sites for hydroxylation is 1. The molecule has 23 heavy (non-hydrogen) atoms. The zero-order chi connectivity index (χ0) is 16.4. The monoisotopic (exact) mass is 349 g/mol. The number of ether oxygens (including phenoxy) is 2. The van der Waals surface area contributed by atoms with Crippen molar-refractivity contribution in [3.05, 3.63) is 45.1 Å². The summed E-state index contributed by atoms with van der Waals surface area (Å²) in [5.41, 5.74) is 1.92. The van der Waals surface area contributed by atoms with Crippen LogP contribution in [0.1, 0.15) is 22.8 Å². The number of fused-ring (bicyclic) bond motifs is 1. The summed E-state index contributed by atoms with van der Waals surface area (Å²) in [5.74, 6) is 0.409. The van der Waals surface area contributed by atoms with Gasteiger partial charge in [-0.1, -0.05) is 23.0 Å². The maximum Gasteiger partial charge on any atom is 0.232 e. The molecule has 2 N–H and O–H groups in total. The quantitative estimate of drug-likeness (QED) is 0.650. The molecule has 1 aromatic heterocycles. The third kappa shape index (κ3) is 3.34. The number of aromatic nitrogens is 2. The fourth-order valence-corrected chi connectivity index (χ4v) is 2.96. The van der Waals surface area contributed by atoms with Gasteiger partial charge in [0.2, 0.25) is 11.4 Å². The largest absolute Gasteiger partial charge is 0.460 e. The van der Waals surface area contributed by atoms with Crippen LogP contribution in [0.4, 0.5) is 5.13 Å². The summed E-state index contributed by atoms with van der Waals surface area (Å²) in [7, 11) is 0. The highest BCUT2D eigenvalue weighted by atomic mass is 32.1. The zero-order valence-corrected chi connectivity index (χ0v) is 14.2. The highest BCUT2D eigenvalue weighted by molar-refractivity contribution is 7.73. The van der Waals surface area contributed by atoms with Gasteiger partial charge in [-0.2, -0.15) is 0 Å². The summed E-state index contributed by atoms with van der Waals surface area (Å²) in [5, 5.41) is 10.2. The van der Waals surface area contributed by atoms with Crippen molar-refractivity contribution in [2.75, 3.05) is 11.9 Å². The first-order valence-electron chi connectivity index (χ1n) is 7.04. The third-order valence-corrected chi connectivity index (χ3v) is 4.26. The van der Waals surface area contributed by atoms with Crippen molar-refractivity contribution >= 4 is 34.5 Å². The lowest BCUT2D eigenvalue weighted by molar-refractivity contribution is -0.0509. The standard InChI is InChI=1S/C15H15N3O3S2/c1-3-20-13-10(7-16-14-17-18-15(22)23-14)12(19)9-6-8(2)4-5-11(9)21-13/h4-7,13H,3H2,1-2H3,(H,16,17)(H,18,22)/b10-7-/t13-/m0/s1. The second-order valence-electron chi connectivity index (χ2n) is 4.90. The zero-order valence-electron chi connectivity index (χ0n) is 12.6. The molecule has 6 nitrogen and oxygen atoms in total.